The number of imidazole rings is 1. The predicted octanol–water partition coefficient (Wildman–Crippen LogP) is -0.0235. The van der Waals surface area contributed by atoms with Crippen LogP contribution in [-0.4, -0.2) is 72.3 Å². The molecule has 0 bridgehead atoms. The SMILES string of the molecule is Nc1ncnc2c1ncn2[C@@H]1O[C@H](CNC(=O)CCCCCC(=O)Nc2cccc3c2CNC3=O)[C@@H](O)[C@H]1O. The van der Waals surface area contributed by atoms with Gasteiger partial charge in [0, 0.05) is 42.7 Å². The number of hydrogen-bond donors (Lipinski definition) is 6. The van der Waals surface area contributed by atoms with Crippen LogP contribution in [0.3, 0.4) is 0 Å². The monoisotopic (exact) mass is 538 g/mol. The number of aromatic nitrogens is 4. The number of unbranched alkanes of at least 4 members (excludes halogenated alkanes) is 2. The second-order valence-electron chi connectivity index (χ2n) is 9.56. The standard InChI is InChI=1S/C25H30N8O6/c26-22-19-23(30-11-29-22)33(12-31-19)25-21(37)20(36)16(39-25)10-27-17(34)7-2-1-3-8-18(35)32-15-6-4-5-13-14(15)9-28-24(13)38/h4-6,11-12,16,20-21,25,36-37H,1-3,7-10H2,(H,27,34)(H,28,38)(H,32,35)(H2,26,29,30)/t16-,20-,21-,25-/m1/s1. The third-order valence-corrected chi connectivity index (χ3v) is 6.93. The zero-order valence-corrected chi connectivity index (χ0v) is 21.0. The summed E-state index contributed by atoms with van der Waals surface area (Å²) in [4.78, 5) is 48.6. The van der Waals surface area contributed by atoms with Crippen LogP contribution in [0.25, 0.3) is 11.2 Å². The van der Waals surface area contributed by atoms with Crippen molar-refractivity contribution in [3.63, 3.8) is 0 Å². The van der Waals surface area contributed by atoms with E-state index in [1.807, 2.05) is 0 Å². The van der Waals surface area contributed by atoms with Gasteiger partial charge in [0.05, 0.1) is 6.33 Å². The maximum Gasteiger partial charge on any atom is 0.251 e. The Hall–Kier alpha value is -4.14. The summed E-state index contributed by atoms with van der Waals surface area (Å²) in [5, 5.41) is 29.3. The quantitative estimate of drug-likeness (QED) is 0.190. The van der Waals surface area contributed by atoms with Crippen molar-refractivity contribution in [1.82, 2.24) is 30.2 Å². The van der Waals surface area contributed by atoms with Gasteiger partial charge in [-0.05, 0) is 25.0 Å². The maximum atomic E-state index is 12.3. The van der Waals surface area contributed by atoms with Gasteiger partial charge in [0.15, 0.2) is 17.7 Å². The van der Waals surface area contributed by atoms with Crippen LogP contribution in [0, 0.1) is 0 Å². The van der Waals surface area contributed by atoms with Crippen molar-refractivity contribution in [3.8, 4) is 0 Å². The first-order valence-corrected chi connectivity index (χ1v) is 12.7. The fourth-order valence-corrected chi connectivity index (χ4v) is 4.82. The molecule has 2 aromatic heterocycles. The van der Waals surface area contributed by atoms with Crippen LogP contribution in [0.1, 0.15) is 54.3 Å². The Morgan fingerprint density at radius 2 is 1.90 bits per heavy atom. The summed E-state index contributed by atoms with van der Waals surface area (Å²) in [6.45, 7) is 0.408. The van der Waals surface area contributed by atoms with E-state index in [4.69, 9.17) is 10.5 Å². The van der Waals surface area contributed by atoms with Gasteiger partial charge in [-0.1, -0.05) is 12.5 Å². The van der Waals surface area contributed by atoms with Crippen LogP contribution < -0.4 is 21.7 Å². The van der Waals surface area contributed by atoms with E-state index in [2.05, 4.69) is 30.9 Å². The molecule has 2 aliphatic heterocycles. The van der Waals surface area contributed by atoms with E-state index in [-0.39, 0.29) is 36.5 Å². The molecular formula is C25H30N8O6. The molecule has 0 radical (unpaired) electrons. The van der Waals surface area contributed by atoms with Gasteiger partial charge in [-0.15, -0.1) is 0 Å². The lowest BCUT2D eigenvalue weighted by molar-refractivity contribution is -0.122. The van der Waals surface area contributed by atoms with Gasteiger partial charge in [-0.2, -0.15) is 0 Å². The van der Waals surface area contributed by atoms with Crippen molar-refractivity contribution in [2.24, 2.45) is 0 Å². The number of ether oxygens (including phenoxy) is 1. The number of benzene rings is 1. The number of fused-ring (bicyclic) bond motifs is 2. The van der Waals surface area contributed by atoms with Gasteiger partial charge >= 0.3 is 0 Å². The number of rotatable bonds is 10. The van der Waals surface area contributed by atoms with E-state index in [1.165, 1.54) is 17.2 Å². The first kappa shape index (κ1) is 26.5. The molecule has 7 N–H and O–H groups in total. The lowest BCUT2D eigenvalue weighted by atomic mass is 10.1. The average molecular weight is 539 g/mol. The number of carbonyl (C=O) groups excluding carboxylic acids is 3. The van der Waals surface area contributed by atoms with Crippen molar-refractivity contribution < 1.29 is 29.3 Å². The van der Waals surface area contributed by atoms with Crippen LogP contribution in [0.5, 0.6) is 0 Å². The van der Waals surface area contributed by atoms with Crippen molar-refractivity contribution in [3.05, 3.63) is 42.0 Å². The number of anilines is 2. The number of amides is 3. The van der Waals surface area contributed by atoms with Gasteiger partial charge in [-0.3, -0.25) is 19.0 Å². The van der Waals surface area contributed by atoms with Gasteiger partial charge in [0.1, 0.15) is 30.2 Å². The fourth-order valence-electron chi connectivity index (χ4n) is 4.82. The van der Waals surface area contributed by atoms with E-state index >= 15 is 0 Å². The first-order chi connectivity index (χ1) is 18.8. The Labute approximate surface area is 223 Å². The zero-order chi connectivity index (χ0) is 27.5. The number of nitrogens with one attached hydrogen (secondary N) is 3. The molecule has 3 aromatic rings. The molecule has 0 saturated carbocycles. The number of carbonyl (C=O) groups is 3. The highest BCUT2D eigenvalue weighted by atomic mass is 16.6. The van der Waals surface area contributed by atoms with Crippen molar-refractivity contribution in [1.29, 1.82) is 0 Å². The highest BCUT2D eigenvalue weighted by Crippen LogP contribution is 2.31. The molecule has 4 heterocycles. The predicted molar refractivity (Wildman–Crippen MR) is 138 cm³/mol. The largest absolute Gasteiger partial charge is 0.387 e. The topological polar surface area (TPSA) is 207 Å². The number of nitrogen functional groups attached to an aromatic ring is 1. The van der Waals surface area contributed by atoms with E-state index in [1.54, 1.807) is 18.2 Å². The first-order valence-electron chi connectivity index (χ1n) is 12.7. The fraction of sp³-hybridized carbons (Fsp3) is 0.440. The third-order valence-electron chi connectivity index (χ3n) is 6.93. The molecule has 14 heteroatoms. The summed E-state index contributed by atoms with van der Waals surface area (Å²) in [6.07, 6.45) is 0.805. The maximum absolute atomic E-state index is 12.3. The molecule has 39 heavy (non-hydrogen) atoms. The van der Waals surface area contributed by atoms with Gasteiger partial charge in [-0.25, -0.2) is 15.0 Å². The van der Waals surface area contributed by atoms with Gasteiger partial charge in [0.2, 0.25) is 11.8 Å². The Morgan fingerprint density at radius 1 is 1.10 bits per heavy atom. The van der Waals surface area contributed by atoms with Crippen molar-refractivity contribution >= 4 is 40.4 Å². The van der Waals surface area contributed by atoms with Gasteiger partial charge in [0.25, 0.3) is 5.91 Å². The summed E-state index contributed by atoms with van der Waals surface area (Å²) in [5.41, 5.74) is 8.53. The molecule has 1 aromatic carbocycles. The molecule has 4 atom stereocenters. The molecule has 5 rings (SSSR count). The third kappa shape index (κ3) is 5.53. The molecule has 3 amide bonds. The van der Waals surface area contributed by atoms with Crippen LogP contribution >= 0.6 is 0 Å². The minimum atomic E-state index is -1.26. The van der Waals surface area contributed by atoms with Crippen molar-refractivity contribution in [2.45, 2.75) is 63.2 Å². The molecule has 0 aliphatic carbocycles. The number of aliphatic hydroxyl groups excluding tert-OH is 2. The summed E-state index contributed by atoms with van der Waals surface area (Å²) < 4.78 is 7.29. The van der Waals surface area contributed by atoms with E-state index in [0.29, 0.717) is 54.6 Å². The summed E-state index contributed by atoms with van der Waals surface area (Å²) in [5.74, 6) is -0.325. The second kappa shape index (κ2) is 11.3. The average Bonchev–Trinajstić information content (AvgIpc) is 3.60. The summed E-state index contributed by atoms with van der Waals surface area (Å²) in [6, 6.07) is 5.24. The lowest BCUT2D eigenvalue weighted by Gasteiger charge is -2.16. The minimum Gasteiger partial charge on any atom is -0.387 e. The minimum absolute atomic E-state index is 0.0124. The number of nitrogens with two attached hydrogens (primary N) is 1. The highest BCUT2D eigenvalue weighted by molar-refractivity contribution is 6.02. The molecule has 14 nitrogen and oxygen atoms in total. The van der Waals surface area contributed by atoms with Crippen LogP contribution in [0.4, 0.5) is 11.5 Å². The normalized spacial score (nSPS) is 22.1. The summed E-state index contributed by atoms with van der Waals surface area (Å²) in [7, 11) is 0. The number of aliphatic hydroxyl groups is 2. The van der Waals surface area contributed by atoms with Crippen LogP contribution in [-0.2, 0) is 20.9 Å². The molecule has 1 fully saturated rings. The number of nitrogens with zero attached hydrogens (tertiary/aromatic N) is 4. The highest BCUT2D eigenvalue weighted by Gasteiger charge is 2.44. The smallest absolute Gasteiger partial charge is 0.251 e. The van der Waals surface area contributed by atoms with E-state index in [0.717, 1.165) is 5.56 Å². The van der Waals surface area contributed by atoms with E-state index in [9.17, 15) is 24.6 Å². The Balaban J connectivity index is 1.02. The van der Waals surface area contributed by atoms with Crippen molar-refractivity contribution in [2.75, 3.05) is 17.6 Å². The number of hydrogen-bond acceptors (Lipinski definition) is 10. The van der Waals surface area contributed by atoms with Crippen LogP contribution in [0.2, 0.25) is 0 Å². The molecule has 206 valence electrons. The van der Waals surface area contributed by atoms with Crippen LogP contribution in [0.15, 0.2) is 30.9 Å². The van der Waals surface area contributed by atoms with Gasteiger partial charge < -0.3 is 36.6 Å². The summed E-state index contributed by atoms with van der Waals surface area (Å²) >= 11 is 0. The zero-order valence-electron chi connectivity index (χ0n) is 21.0. The Bertz CT molecular complexity index is 1390. The Kier molecular flexibility index (Phi) is 7.67. The molecule has 1 saturated heterocycles. The molecule has 2 aliphatic rings. The molecule has 0 spiro atoms. The van der Waals surface area contributed by atoms with E-state index < -0.39 is 24.5 Å². The molecule has 0 unspecified atom stereocenters. The lowest BCUT2D eigenvalue weighted by Crippen LogP contribution is -2.39. The molecular weight excluding hydrogens is 508 g/mol. The Morgan fingerprint density at radius 3 is 2.72 bits per heavy atom. The second-order valence-corrected chi connectivity index (χ2v) is 9.56.